The van der Waals surface area contributed by atoms with Crippen molar-refractivity contribution in [3.05, 3.63) is 20.3 Å². The monoisotopic (exact) mass is 334 g/mol. The predicted octanol–water partition coefficient (Wildman–Crippen LogP) is 6.32. The summed E-state index contributed by atoms with van der Waals surface area (Å²) in [5.74, 6) is 0.604. The fraction of sp³-hybridized carbons (Fsp3) is 0.714. The van der Waals surface area contributed by atoms with Gasteiger partial charge in [0.2, 0.25) is 0 Å². The van der Waals surface area contributed by atoms with Crippen molar-refractivity contribution >= 4 is 38.9 Å². The van der Waals surface area contributed by atoms with E-state index in [-0.39, 0.29) is 5.38 Å². The molecular formula is C14H20BrClS. The summed E-state index contributed by atoms with van der Waals surface area (Å²) in [6, 6.07) is 2.19. The Hall–Kier alpha value is 0.470. The summed E-state index contributed by atoms with van der Waals surface area (Å²) in [6.45, 7) is 6.90. The third-order valence-corrected chi connectivity index (χ3v) is 6.73. The van der Waals surface area contributed by atoms with E-state index in [9.17, 15) is 0 Å². The highest BCUT2D eigenvalue weighted by Gasteiger charge is 2.38. The van der Waals surface area contributed by atoms with E-state index in [0.29, 0.717) is 11.3 Å². The molecule has 1 saturated carbocycles. The molecule has 1 aliphatic rings. The van der Waals surface area contributed by atoms with Crippen molar-refractivity contribution < 1.29 is 0 Å². The zero-order chi connectivity index (χ0) is 12.6. The Morgan fingerprint density at radius 3 is 2.71 bits per heavy atom. The summed E-state index contributed by atoms with van der Waals surface area (Å²) in [5.41, 5.74) is 0.377. The molecule has 1 aromatic rings. The van der Waals surface area contributed by atoms with Crippen molar-refractivity contribution in [3.63, 3.8) is 0 Å². The average molecular weight is 336 g/mol. The van der Waals surface area contributed by atoms with Gasteiger partial charge in [-0.05, 0) is 53.1 Å². The van der Waals surface area contributed by atoms with Gasteiger partial charge in [-0.25, -0.2) is 0 Å². The number of hydrogen-bond donors (Lipinski definition) is 0. The first-order valence-electron chi connectivity index (χ1n) is 6.32. The van der Waals surface area contributed by atoms with Crippen molar-refractivity contribution in [2.45, 2.75) is 51.8 Å². The highest BCUT2D eigenvalue weighted by atomic mass is 79.9. The van der Waals surface area contributed by atoms with Gasteiger partial charge in [0.15, 0.2) is 0 Å². The van der Waals surface area contributed by atoms with Gasteiger partial charge < -0.3 is 0 Å². The molecule has 0 bridgehead atoms. The fourth-order valence-corrected chi connectivity index (χ4v) is 5.73. The van der Waals surface area contributed by atoms with E-state index in [1.807, 2.05) is 11.3 Å². The van der Waals surface area contributed by atoms with E-state index in [1.165, 1.54) is 39.9 Å². The minimum atomic E-state index is 0.165. The zero-order valence-electron chi connectivity index (χ0n) is 10.7. The zero-order valence-corrected chi connectivity index (χ0v) is 13.9. The molecule has 96 valence electrons. The molecule has 0 radical (unpaired) electrons. The van der Waals surface area contributed by atoms with Gasteiger partial charge >= 0.3 is 0 Å². The minimum Gasteiger partial charge on any atom is -0.143 e. The van der Waals surface area contributed by atoms with Crippen LogP contribution in [-0.2, 0) is 0 Å². The lowest BCUT2D eigenvalue weighted by atomic mass is 9.67. The van der Waals surface area contributed by atoms with E-state index >= 15 is 0 Å². The molecule has 1 aliphatic carbocycles. The molecule has 2 rings (SSSR count). The van der Waals surface area contributed by atoms with Crippen molar-refractivity contribution in [2.75, 3.05) is 0 Å². The first-order valence-corrected chi connectivity index (χ1v) is 8.36. The summed E-state index contributed by atoms with van der Waals surface area (Å²) in [5, 5.41) is 0.165. The van der Waals surface area contributed by atoms with E-state index in [1.54, 1.807) is 0 Å². The molecule has 17 heavy (non-hydrogen) atoms. The average Bonchev–Trinajstić information content (AvgIpc) is 2.56. The Kier molecular flexibility index (Phi) is 4.27. The molecular weight excluding hydrogens is 316 g/mol. The van der Waals surface area contributed by atoms with Gasteiger partial charge in [0, 0.05) is 14.2 Å². The molecule has 2 atom stereocenters. The Bertz CT molecular complexity index is 397. The third-order valence-electron chi connectivity index (χ3n) is 4.03. The standard InChI is InChI=1S/C14H20BrClS/c1-9-8-11(15)13(17-9)12(16)10-6-4-5-7-14(10,2)3/h8,10,12H,4-7H2,1-3H3. The van der Waals surface area contributed by atoms with Crippen LogP contribution >= 0.6 is 38.9 Å². The topological polar surface area (TPSA) is 0 Å². The van der Waals surface area contributed by atoms with Crippen LogP contribution in [0.15, 0.2) is 10.5 Å². The van der Waals surface area contributed by atoms with Crippen molar-refractivity contribution in [1.29, 1.82) is 0 Å². The van der Waals surface area contributed by atoms with Crippen LogP contribution in [0, 0.1) is 18.3 Å². The highest BCUT2D eigenvalue weighted by Crippen LogP contribution is 2.51. The van der Waals surface area contributed by atoms with Crippen LogP contribution in [0.2, 0.25) is 0 Å². The smallest absolute Gasteiger partial charge is 0.0723 e. The molecule has 0 aliphatic heterocycles. The van der Waals surface area contributed by atoms with Crippen LogP contribution in [-0.4, -0.2) is 0 Å². The van der Waals surface area contributed by atoms with Crippen LogP contribution in [0.5, 0.6) is 0 Å². The Morgan fingerprint density at radius 1 is 1.47 bits per heavy atom. The number of thiophene rings is 1. The second-order valence-corrected chi connectivity index (χ2v) is 8.42. The molecule has 0 N–H and O–H groups in total. The number of alkyl halides is 1. The van der Waals surface area contributed by atoms with E-state index in [4.69, 9.17) is 11.6 Å². The molecule has 1 aromatic heterocycles. The first-order chi connectivity index (χ1) is 7.92. The van der Waals surface area contributed by atoms with Gasteiger partial charge in [-0.1, -0.05) is 26.7 Å². The predicted molar refractivity (Wildman–Crippen MR) is 81.1 cm³/mol. The molecule has 1 heterocycles. The Balaban J connectivity index is 2.24. The molecule has 0 nitrogen and oxygen atoms in total. The number of rotatable bonds is 2. The minimum absolute atomic E-state index is 0.165. The maximum Gasteiger partial charge on any atom is 0.0723 e. The lowest BCUT2D eigenvalue weighted by molar-refractivity contribution is 0.134. The van der Waals surface area contributed by atoms with Crippen molar-refractivity contribution in [3.8, 4) is 0 Å². The summed E-state index contributed by atoms with van der Waals surface area (Å²) in [7, 11) is 0. The molecule has 3 heteroatoms. The van der Waals surface area contributed by atoms with Gasteiger partial charge in [-0.3, -0.25) is 0 Å². The fourth-order valence-electron chi connectivity index (χ4n) is 2.94. The number of hydrogen-bond acceptors (Lipinski definition) is 1. The van der Waals surface area contributed by atoms with E-state index in [2.05, 4.69) is 42.8 Å². The highest BCUT2D eigenvalue weighted by molar-refractivity contribution is 9.10. The molecule has 2 unspecified atom stereocenters. The van der Waals surface area contributed by atoms with Gasteiger partial charge in [-0.15, -0.1) is 22.9 Å². The molecule has 0 saturated heterocycles. The van der Waals surface area contributed by atoms with Crippen LogP contribution < -0.4 is 0 Å². The number of halogens is 2. The molecule has 0 spiro atoms. The molecule has 0 amide bonds. The van der Waals surface area contributed by atoms with Crippen LogP contribution in [0.4, 0.5) is 0 Å². The maximum absolute atomic E-state index is 6.77. The SMILES string of the molecule is Cc1cc(Br)c(C(Cl)C2CCCCC2(C)C)s1. The molecule has 1 fully saturated rings. The van der Waals surface area contributed by atoms with E-state index < -0.39 is 0 Å². The Morgan fingerprint density at radius 2 is 2.18 bits per heavy atom. The summed E-state index contributed by atoms with van der Waals surface area (Å²) >= 11 is 12.3. The molecule has 0 aromatic carbocycles. The van der Waals surface area contributed by atoms with Crippen LogP contribution in [0.25, 0.3) is 0 Å². The van der Waals surface area contributed by atoms with Crippen molar-refractivity contribution in [2.24, 2.45) is 11.3 Å². The number of aryl methyl sites for hydroxylation is 1. The summed E-state index contributed by atoms with van der Waals surface area (Å²) < 4.78 is 1.20. The third kappa shape index (κ3) is 2.90. The summed E-state index contributed by atoms with van der Waals surface area (Å²) in [6.07, 6.45) is 5.27. The maximum atomic E-state index is 6.77. The first kappa shape index (κ1) is 13.9. The van der Waals surface area contributed by atoms with Gasteiger partial charge in [0.1, 0.15) is 0 Å². The second kappa shape index (κ2) is 5.22. The Labute approximate surface area is 122 Å². The lowest BCUT2D eigenvalue weighted by Crippen LogP contribution is -2.30. The second-order valence-electron chi connectivity index (χ2n) is 5.81. The van der Waals surface area contributed by atoms with Gasteiger partial charge in [-0.2, -0.15) is 0 Å². The quantitative estimate of drug-likeness (QED) is 0.555. The van der Waals surface area contributed by atoms with E-state index in [0.717, 1.165) is 0 Å². The van der Waals surface area contributed by atoms with Crippen LogP contribution in [0.1, 0.15) is 54.7 Å². The van der Waals surface area contributed by atoms with Gasteiger partial charge in [0.25, 0.3) is 0 Å². The van der Waals surface area contributed by atoms with Crippen LogP contribution in [0.3, 0.4) is 0 Å². The normalized spacial score (nSPS) is 25.8. The van der Waals surface area contributed by atoms with Gasteiger partial charge in [0.05, 0.1) is 5.38 Å². The summed E-state index contributed by atoms with van der Waals surface area (Å²) in [4.78, 5) is 2.66. The lowest BCUT2D eigenvalue weighted by Gasteiger charge is -2.41. The largest absolute Gasteiger partial charge is 0.143 e. The van der Waals surface area contributed by atoms with Crippen molar-refractivity contribution in [1.82, 2.24) is 0 Å².